The molecule has 2 aromatic rings. The Bertz CT molecular complexity index is 905. The molecule has 0 unspecified atom stereocenters. The van der Waals surface area contributed by atoms with Crippen LogP contribution >= 0.6 is 23.2 Å². The van der Waals surface area contributed by atoms with Gasteiger partial charge in [0.05, 0.1) is 13.2 Å². The molecule has 0 aromatic heterocycles. The molecule has 1 atom stereocenters. The normalized spacial score (nSPS) is 15.8. The SMILES string of the molecule is O=C(NCc1ccccc1Cl)C(=O)NC[C@@H]1OCCN1C(=O)c1ccc(Cl)cc1. The van der Waals surface area contributed by atoms with Crippen LogP contribution in [0.25, 0.3) is 0 Å². The molecule has 2 aromatic carbocycles. The fraction of sp³-hybridized carbons (Fsp3) is 0.250. The van der Waals surface area contributed by atoms with Crippen LogP contribution in [0, 0.1) is 0 Å². The zero-order valence-corrected chi connectivity index (χ0v) is 16.9. The highest BCUT2D eigenvalue weighted by atomic mass is 35.5. The largest absolute Gasteiger partial charge is 0.355 e. The first-order valence-electron chi connectivity index (χ1n) is 8.93. The number of carbonyl (C=O) groups is 3. The minimum Gasteiger partial charge on any atom is -0.355 e. The molecule has 1 saturated heterocycles. The summed E-state index contributed by atoms with van der Waals surface area (Å²) < 4.78 is 5.52. The van der Waals surface area contributed by atoms with E-state index in [0.717, 1.165) is 0 Å². The van der Waals surface area contributed by atoms with Crippen LogP contribution in [-0.2, 0) is 20.9 Å². The predicted octanol–water partition coefficient (Wildman–Crippen LogP) is 2.22. The van der Waals surface area contributed by atoms with Gasteiger partial charge in [0.15, 0.2) is 0 Å². The monoisotopic (exact) mass is 435 g/mol. The Kier molecular flexibility index (Phi) is 7.09. The van der Waals surface area contributed by atoms with Crippen molar-refractivity contribution >= 4 is 40.9 Å². The summed E-state index contributed by atoms with van der Waals surface area (Å²) in [6.07, 6.45) is -0.654. The lowest BCUT2D eigenvalue weighted by atomic mass is 10.2. The summed E-state index contributed by atoms with van der Waals surface area (Å²) in [5.74, 6) is -1.84. The molecule has 1 aliphatic heterocycles. The van der Waals surface area contributed by atoms with Crippen LogP contribution in [0.4, 0.5) is 0 Å². The van der Waals surface area contributed by atoms with Gasteiger partial charge in [0.2, 0.25) is 0 Å². The van der Waals surface area contributed by atoms with E-state index in [-0.39, 0.29) is 19.0 Å². The molecule has 1 fully saturated rings. The van der Waals surface area contributed by atoms with Gasteiger partial charge in [0.1, 0.15) is 6.23 Å². The van der Waals surface area contributed by atoms with E-state index in [2.05, 4.69) is 10.6 Å². The second-order valence-electron chi connectivity index (χ2n) is 6.31. The highest BCUT2D eigenvalue weighted by molar-refractivity contribution is 6.35. The summed E-state index contributed by atoms with van der Waals surface area (Å²) in [7, 11) is 0. The third kappa shape index (κ3) is 5.47. The molecular weight excluding hydrogens is 417 g/mol. The van der Waals surface area contributed by atoms with Crippen molar-refractivity contribution in [1.29, 1.82) is 0 Å². The molecule has 2 N–H and O–H groups in total. The summed E-state index contributed by atoms with van der Waals surface area (Å²) in [4.78, 5) is 38.2. The van der Waals surface area contributed by atoms with Gasteiger partial charge in [-0.05, 0) is 35.9 Å². The average molecular weight is 436 g/mol. The van der Waals surface area contributed by atoms with Crippen LogP contribution < -0.4 is 10.6 Å². The topological polar surface area (TPSA) is 87.7 Å². The molecule has 7 nitrogen and oxygen atoms in total. The molecule has 29 heavy (non-hydrogen) atoms. The third-order valence-electron chi connectivity index (χ3n) is 4.38. The molecule has 3 rings (SSSR count). The highest BCUT2D eigenvalue weighted by Gasteiger charge is 2.31. The molecular formula is C20H19Cl2N3O4. The molecule has 152 valence electrons. The number of carbonyl (C=O) groups excluding carboxylic acids is 3. The van der Waals surface area contributed by atoms with Crippen LogP contribution in [0.1, 0.15) is 15.9 Å². The summed E-state index contributed by atoms with van der Waals surface area (Å²) in [5, 5.41) is 6.04. The highest BCUT2D eigenvalue weighted by Crippen LogP contribution is 2.17. The van der Waals surface area contributed by atoms with Crippen molar-refractivity contribution < 1.29 is 19.1 Å². The zero-order valence-electron chi connectivity index (χ0n) is 15.4. The van der Waals surface area contributed by atoms with Crippen molar-refractivity contribution in [3.8, 4) is 0 Å². The Balaban J connectivity index is 1.50. The van der Waals surface area contributed by atoms with E-state index < -0.39 is 18.0 Å². The number of amides is 3. The van der Waals surface area contributed by atoms with E-state index in [1.54, 1.807) is 48.5 Å². The second kappa shape index (κ2) is 9.73. The van der Waals surface area contributed by atoms with Gasteiger partial charge in [0, 0.05) is 28.7 Å². The number of hydrogen-bond donors (Lipinski definition) is 2. The van der Waals surface area contributed by atoms with Gasteiger partial charge in [-0.25, -0.2) is 0 Å². The molecule has 0 aliphatic carbocycles. The number of benzene rings is 2. The smallest absolute Gasteiger partial charge is 0.309 e. The Labute approximate surface area is 177 Å². The number of nitrogens with one attached hydrogen (secondary N) is 2. The standard InChI is InChI=1S/C20H19Cl2N3O4/c21-15-7-5-13(6-8-15)20(28)25-9-10-29-17(25)12-24-19(27)18(26)23-11-14-3-1-2-4-16(14)22/h1-8,17H,9-12H2,(H,23,26)(H,24,27)/t17-/m0/s1. The van der Waals surface area contributed by atoms with E-state index in [1.165, 1.54) is 4.90 Å². The van der Waals surface area contributed by atoms with E-state index in [1.807, 2.05) is 0 Å². The maximum Gasteiger partial charge on any atom is 0.309 e. The molecule has 0 saturated carbocycles. The van der Waals surface area contributed by atoms with E-state index in [4.69, 9.17) is 27.9 Å². The minimum absolute atomic E-state index is 0.00231. The van der Waals surface area contributed by atoms with Crippen LogP contribution in [0.5, 0.6) is 0 Å². The average Bonchev–Trinajstić information content (AvgIpc) is 3.19. The quantitative estimate of drug-likeness (QED) is 0.704. The summed E-state index contributed by atoms with van der Waals surface area (Å²) in [6, 6.07) is 13.5. The van der Waals surface area contributed by atoms with Gasteiger partial charge in [0.25, 0.3) is 5.91 Å². The molecule has 0 spiro atoms. The van der Waals surface area contributed by atoms with Crippen LogP contribution in [-0.4, -0.2) is 48.5 Å². The van der Waals surface area contributed by atoms with Crippen molar-refractivity contribution in [1.82, 2.24) is 15.5 Å². The van der Waals surface area contributed by atoms with Crippen LogP contribution in [0.15, 0.2) is 48.5 Å². The van der Waals surface area contributed by atoms with Gasteiger partial charge in [-0.3, -0.25) is 14.4 Å². The molecule has 9 heteroatoms. The number of ether oxygens (including phenoxy) is 1. The van der Waals surface area contributed by atoms with Gasteiger partial charge >= 0.3 is 11.8 Å². The maximum absolute atomic E-state index is 12.6. The summed E-state index contributed by atoms with van der Waals surface area (Å²) >= 11 is 11.9. The Hall–Kier alpha value is -2.61. The first kappa shape index (κ1) is 21.1. The lowest BCUT2D eigenvalue weighted by Crippen LogP contribution is -2.47. The lowest BCUT2D eigenvalue weighted by molar-refractivity contribution is -0.139. The first-order chi connectivity index (χ1) is 14.0. The zero-order chi connectivity index (χ0) is 20.8. The Morgan fingerprint density at radius 3 is 2.41 bits per heavy atom. The fourth-order valence-corrected chi connectivity index (χ4v) is 3.17. The van der Waals surface area contributed by atoms with Crippen molar-refractivity contribution in [2.45, 2.75) is 12.8 Å². The summed E-state index contributed by atoms with van der Waals surface area (Å²) in [5.41, 5.74) is 1.17. The van der Waals surface area contributed by atoms with Gasteiger partial charge in [-0.2, -0.15) is 0 Å². The Morgan fingerprint density at radius 2 is 1.69 bits per heavy atom. The third-order valence-corrected chi connectivity index (χ3v) is 5.00. The number of halogens is 2. The van der Waals surface area contributed by atoms with E-state index in [9.17, 15) is 14.4 Å². The van der Waals surface area contributed by atoms with E-state index in [0.29, 0.717) is 34.3 Å². The van der Waals surface area contributed by atoms with Gasteiger partial charge in [-0.1, -0.05) is 41.4 Å². The second-order valence-corrected chi connectivity index (χ2v) is 7.16. The molecule has 1 aliphatic rings. The molecule has 0 radical (unpaired) electrons. The first-order valence-corrected chi connectivity index (χ1v) is 9.69. The van der Waals surface area contributed by atoms with Gasteiger partial charge in [-0.15, -0.1) is 0 Å². The fourth-order valence-electron chi connectivity index (χ4n) is 2.84. The predicted molar refractivity (Wildman–Crippen MR) is 109 cm³/mol. The molecule has 3 amide bonds. The molecule has 0 bridgehead atoms. The van der Waals surface area contributed by atoms with Crippen molar-refractivity contribution in [3.05, 3.63) is 69.7 Å². The summed E-state index contributed by atoms with van der Waals surface area (Å²) in [6.45, 7) is 0.865. The van der Waals surface area contributed by atoms with Crippen molar-refractivity contribution in [2.24, 2.45) is 0 Å². The number of hydrogen-bond acceptors (Lipinski definition) is 4. The van der Waals surface area contributed by atoms with Crippen LogP contribution in [0.3, 0.4) is 0 Å². The number of nitrogens with zero attached hydrogens (tertiary/aromatic N) is 1. The van der Waals surface area contributed by atoms with Crippen LogP contribution in [0.2, 0.25) is 10.0 Å². The van der Waals surface area contributed by atoms with E-state index >= 15 is 0 Å². The lowest BCUT2D eigenvalue weighted by Gasteiger charge is -2.23. The minimum atomic E-state index is -0.813. The molecule has 1 heterocycles. The van der Waals surface area contributed by atoms with Crippen molar-refractivity contribution in [2.75, 3.05) is 19.7 Å². The van der Waals surface area contributed by atoms with Gasteiger partial charge < -0.3 is 20.3 Å². The number of rotatable bonds is 5. The van der Waals surface area contributed by atoms with Crippen molar-refractivity contribution in [3.63, 3.8) is 0 Å². The maximum atomic E-state index is 12.6. The Morgan fingerprint density at radius 1 is 1.00 bits per heavy atom.